The van der Waals surface area contributed by atoms with Crippen LogP contribution in [0.3, 0.4) is 0 Å². The van der Waals surface area contributed by atoms with Gasteiger partial charge in [-0.05, 0) is 85.6 Å². The molecule has 1 heteroatoms. The zero-order chi connectivity index (χ0) is 27.4. The molecule has 1 N–H and O–H groups in total. The number of rotatable bonds is 6. The molecule has 0 bridgehead atoms. The number of fused-ring (bicyclic) bond motifs is 1. The third-order valence-electron chi connectivity index (χ3n) is 7.62. The lowest BCUT2D eigenvalue weighted by molar-refractivity contribution is 1.52. The monoisotopic (exact) mass is 523 g/mol. The molecule has 7 rings (SSSR count). The molecular formula is C40H29N. The molecule has 7 aromatic carbocycles. The summed E-state index contributed by atoms with van der Waals surface area (Å²) in [6.07, 6.45) is 0. The summed E-state index contributed by atoms with van der Waals surface area (Å²) in [5.74, 6) is 0. The van der Waals surface area contributed by atoms with Crippen LogP contribution in [-0.4, -0.2) is 0 Å². The molecule has 0 fully saturated rings. The lowest BCUT2D eigenvalue weighted by atomic mass is 9.91. The van der Waals surface area contributed by atoms with Gasteiger partial charge >= 0.3 is 0 Å². The molecule has 0 aliphatic rings. The predicted molar refractivity (Wildman–Crippen MR) is 175 cm³/mol. The maximum atomic E-state index is 3.68. The Morgan fingerprint density at radius 2 is 0.756 bits per heavy atom. The first-order valence-corrected chi connectivity index (χ1v) is 14.0. The molecule has 0 saturated carbocycles. The Labute approximate surface area is 241 Å². The van der Waals surface area contributed by atoms with Crippen molar-refractivity contribution in [1.82, 2.24) is 0 Å². The van der Waals surface area contributed by atoms with E-state index in [0.717, 1.165) is 11.4 Å². The molecule has 41 heavy (non-hydrogen) atoms. The summed E-state index contributed by atoms with van der Waals surface area (Å²) in [4.78, 5) is 0. The minimum Gasteiger partial charge on any atom is -0.355 e. The number of hydrogen-bond acceptors (Lipinski definition) is 1. The van der Waals surface area contributed by atoms with Crippen LogP contribution in [0, 0.1) is 0 Å². The van der Waals surface area contributed by atoms with Gasteiger partial charge in [0.15, 0.2) is 0 Å². The SMILES string of the molecule is c1ccc(-c2cc(Nc3ccc(-c4cccc5cccc(-c6ccccc6)c45)cc3)cc(-c3ccccc3)c2)cc1. The third kappa shape index (κ3) is 5.14. The minimum atomic E-state index is 1.06. The van der Waals surface area contributed by atoms with E-state index in [2.05, 4.69) is 175 Å². The predicted octanol–water partition coefficient (Wildman–Crippen LogP) is 11.3. The first-order valence-electron chi connectivity index (χ1n) is 14.0. The average Bonchev–Trinajstić information content (AvgIpc) is 3.06. The van der Waals surface area contributed by atoms with Gasteiger partial charge < -0.3 is 5.32 Å². The summed E-state index contributed by atoms with van der Waals surface area (Å²) in [6, 6.07) is 60.5. The summed E-state index contributed by atoms with van der Waals surface area (Å²) in [7, 11) is 0. The molecule has 0 radical (unpaired) electrons. The minimum absolute atomic E-state index is 1.06. The van der Waals surface area contributed by atoms with Crippen molar-refractivity contribution < 1.29 is 0 Å². The van der Waals surface area contributed by atoms with Crippen molar-refractivity contribution in [2.45, 2.75) is 0 Å². The number of nitrogens with one attached hydrogen (secondary N) is 1. The summed E-state index contributed by atoms with van der Waals surface area (Å²) >= 11 is 0. The molecule has 7 aromatic rings. The lowest BCUT2D eigenvalue weighted by Gasteiger charge is -2.15. The van der Waals surface area contributed by atoms with Crippen LogP contribution < -0.4 is 5.32 Å². The standard InChI is InChI=1S/C40H29N/c1-4-12-29(13-5-1)34-26-35(30-14-6-2-7-15-30)28-37(27-34)41-36-24-22-32(23-25-36)39-21-11-19-33-18-10-20-38(40(33)39)31-16-8-3-9-17-31/h1-28,41H. The van der Waals surface area contributed by atoms with Gasteiger partial charge in [-0.25, -0.2) is 0 Å². The highest BCUT2D eigenvalue weighted by atomic mass is 14.9. The smallest absolute Gasteiger partial charge is 0.0396 e. The van der Waals surface area contributed by atoms with E-state index in [1.807, 2.05) is 0 Å². The van der Waals surface area contributed by atoms with Crippen LogP contribution in [0.2, 0.25) is 0 Å². The van der Waals surface area contributed by atoms with Gasteiger partial charge in [0.05, 0.1) is 0 Å². The van der Waals surface area contributed by atoms with Gasteiger partial charge in [0.2, 0.25) is 0 Å². The van der Waals surface area contributed by atoms with Crippen molar-refractivity contribution in [3.63, 3.8) is 0 Å². The Kier molecular flexibility index (Phi) is 6.61. The summed E-state index contributed by atoms with van der Waals surface area (Å²) in [5.41, 5.74) is 11.8. The van der Waals surface area contributed by atoms with Crippen molar-refractivity contribution in [3.8, 4) is 44.5 Å². The molecule has 0 atom stereocenters. The Balaban J connectivity index is 1.25. The van der Waals surface area contributed by atoms with Crippen LogP contribution in [-0.2, 0) is 0 Å². The average molecular weight is 524 g/mol. The molecule has 1 nitrogen and oxygen atoms in total. The van der Waals surface area contributed by atoms with E-state index in [4.69, 9.17) is 0 Å². The Bertz CT molecular complexity index is 1860. The Morgan fingerprint density at radius 1 is 0.293 bits per heavy atom. The fourth-order valence-corrected chi connectivity index (χ4v) is 5.63. The highest BCUT2D eigenvalue weighted by Gasteiger charge is 2.11. The van der Waals surface area contributed by atoms with E-state index in [0.29, 0.717) is 0 Å². The Hall–Kier alpha value is -5.40. The molecule has 0 aliphatic heterocycles. The molecule has 194 valence electrons. The van der Waals surface area contributed by atoms with Crippen LogP contribution >= 0.6 is 0 Å². The fraction of sp³-hybridized carbons (Fsp3) is 0. The topological polar surface area (TPSA) is 12.0 Å². The van der Waals surface area contributed by atoms with Gasteiger partial charge in [0.1, 0.15) is 0 Å². The molecule has 0 unspecified atom stereocenters. The Morgan fingerprint density at radius 3 is 1.27 bits per heavy atom. The number of anilines is 2. The van der Waals surface area contributed by atoms with Crippen LogP contribution in [0.15, 0.2) is 170 Å². The maximum Gasteiger partial charge on any atom is 0.0396 e. The molecule has 0 heterocycles. The molecule has 0 amide bonds. The zero-order valence-electron chi connectivity index (χ0n) is 22.7. The maximum absolute atomic E-state index is 3.68. The van der Waals surface area contributed by atoms with Gasteiger partial charge in [0.25, 0.3) is 0 Å². The molecule has 0 aliphatic carbocycles. The second-order valence-electron chi connectivity index (χ2n) is 10.3. The quantitative estimate of drug-likeness (QED) is 0.229. The summed E-state index contributed by atoms with van der Waals surface area (Å²) in [5, 5.41) is 6.21. The van der Waals surface area contributed by atoms with Crippen molar-refractivity contribution in [3.05, 3.63) is 170 Å². The summed E-state index contributed by atoms with van der Waals surface area (Å²) in [6.45, 7) is 0. The van der Waals surface area contributed by atoms with Crippen LogP contribution in [0.4, 0.5) is 11.4 Å². The molecular weight excluding hydrogens is 494 g/mol. The van der Waals surface area contributed by atoms with E-state index >= 15 is 0 Å². The fourth-order valence-electron chi connectivity index (χ4n) is 5.63. The first kappa shape index (κ1) is 24.6. The largest absolute Gasteiger partial charge is 0.355 e. The first-order chi connectivity index (χ1) is 20.3. The van der Waals surface area contributed by atoms with Crippen molar-refractivity contribution in [1.29, 1.82) is 0 Å². The number of benzene rings is 7. The van der Waals surface area contributed by atoms with Crippen LogP contribution in [0.5, 0.6) is 0 Å². The van der Waals surface area contributed by atoms with Crippen LogP contribution in [0.1, 0.15) is 0 Å². The van der Waals surface area contributed by atoms with Gasteiger partial charge in [-0.3, -0.25) is 0 Å². The summed E-state index contributed by atoms with van der Waals surface area (Å²) < 4.78 is 0. The van der Waals surface area contributed by atoms with Gasteiger partial charge in [-0.15, -0.1) is 0 Å². The van der Waals surface area contributed by atoms with Gasteiger partial charge in [0, 0.05) is 11.4 Å². The molecule has 0 saturated heterocycles. The molecule has 0 spiro atoms. The van der Waals surface area contributed by atoms with Gasteiger partial charge in [-0.2, -0.15) is 0 Å². The zero-order valence-corrected chi connectivity index (χ0v) is 22.7. The lowest BCUT2D eigenvalue weighted by Crippen LogP contribution is -1.93. The second-order valence-corrected chi connectivity index (χ2v) is 10.3. The highest BCUT2D eigenvalue weighted by Crippen LogP contribution is 2.37. The molecule has 0 aromatic heterocycles. The van der Waals surface area contributed by atoms with Crippen LogP contribution in [0.25, 0.3) is 55.3 Å². The third-order valence-corrected chi connectivity index (χ3v) is 7.62. The second kappa shape index (κ2) is 11.0. The van der Waals surface area contributed by atoms with Gasteiger partial charge in [-0.1, -0.05) is 140 Å². The van der Waals surface area contributed by atoms with E-state index in [9.17, 15) is 0 Å². The van der Waals surface area contributed by atoms with E-state index in [1.54, 1.807) is 0 Å². The van der Waals surface area contributed by atoms with E-state index in [-0.39, 0.29) is 0 Å². The van der Waals surface area contributed by atoms with Crippen molar-refractivity contribution in [2.75, 3.05) is 5.32 Å². The van der Waals surface area contributed by atoms with E-state index in [1.165, 1.54) is 55.3 Å². The highest BCUT2D eigenvalue weighted by molar-refractivity contribution is 6.06. The van der Waals surface area contributed by atoms with Crippen molar-refractivity contribution in [2.24, 2.45) is 0 Å². The number of hydrogen-bond donors (Lipinski definition) is 1. The van der Waals surface area contributed by atoms with E-state index < -0.39 is 0 Å². The van der Waals surface area contributed by atoms with Crippen molar-refractivity contribution >= 4 is 22.1 Å². The normalized spacial score (nSPS) is 10.9.